The highest BCUT2D eigenvalue weighted by molar-refractivity contribution is 7.81. The first-order valence-electron chi connectivity index (χ1n) is 4.40. The van der Waals surface area contributed by atoms with E-state index in [4.69, 9.17) is 0 Å². The monoisotopic (exact) mass is 192 g/mol. The lowest BCUT2D eigenvalue weighted by Crippen LogP contribution is -2.20. The fourth-order valence-corrected chi connectivity index (χ4v) is 1.73. The van der Waals surface area contributed by atoms with E-state index in [1.165, 1.54) is 25.7 Å². The zero-order chi connectivity index (χ0) is 8.74. The summed E-state index contributed by atoms with van der Waals surface area (Å²) < 4.78 is 0. The van der Waals surface area contributed by atoms with E-state index >= 15 is 0 Å². The van der Waals surface area contributed by atoms with E-state index in [2.05, 4.69) is 39.1 Å². The smallest absolute Gasteiger partial charge is 0.00360 e. The molecular formula is C9H20S2. The highest BCUT2D eigenvalue weighted by atomic mass is 32.1. The normalized spacial score (nSPS) is 12.0. The van der Waals surface area contributed by atoms with Gasteiger partial charge in [-0.25, -0.2) is 0 Å². The van der Waals surface area contributed by atoms with Crippen LogP contribution in [0.2, 0.25) is 0 Å². The first-order chi connectivity index (χ1) is 5.18. The number of thiol groups is 2. The van der Waals surface area contributed by atoms with E-state index in [0.717, 1.165) is 11.5 Å². The van der Waals surface area contributed by atoms with Gasteiger partial charge in [0.15, 0.2) is 0 Å². The van der Waals surface area contributed by atoms with Crippen LogP contribution in [0.25, 0.3) is 0 Å². The summed E-state index contributed by atoms with van der Waals surface area (Å²) in [6, 6.07) is 0. The van der Waals surface area contributed by atoms with Crippen molar-refractivity contribution in [1.82, 2.24) is 0 Å². The summed E-state index contributed by atoms with van der Waals surface area (Å²) in [5.74, 6) is 1.92. The highest BCUT2D eigenvalue weighted by Crippen LogP contribution is 2.26. The Bertz CT molecular complexity index is 87.6. The summed E-state index contributed by atoms with van der Waals surface area (Å²) in [6.07, 6.45) is 5.24. The van der Waals surface area contributed by atoms with Crippen molar-refractivity contribution in [1.29, 1.82) is 0 Å². The Hall–Kier alpha value is 0.700. The van der Waals surface area contributed by atoms with Gasteiger partial charge < -0.3 is 0 Å². The predicted octanol–water partition coefficient (Wildman–Crippen LogP) is 3.43. The molecule has 0 aromatic carbocycles. The fraction of sp³-hybridized carbons (Fsp3) is 1.00. The molecule has 0 nitrogen and oxygen atoms in total. The lowest BCUT2D eigenvalue weighted by atomic mass is 9.89. The third kappa shape index (κ3) is 5.02. The van der Waals surface area contributed by atoms with Gasteiger partial charge in [-0.3, -0.25) is 0 Å². The third-order valence-electron chi connectivity index (χ3n) is 2.15. The maximum atomic E-state index is 4.33. The molecule has 0 rings (SSSR count). The van der Waals surface area contributed by atoms with Crippen molar-refractivity contribution in [2.45, 2.75) is 39.5 Å². The Kier molecular flexibility index (Phi) is 6.64. The Balaban J connectivity index is 3.51. The van der Waals surface area contributed by atoms with E-state index in [-0.39, 0.29) is 0 Å². The minimum absolute atomic E-state index is 0.362. The van der Waals surface area contributed by atoms with E-state index in [0.29, 0.717) is 5.41 Å². The maximum Gasteiger partial charge on any atom is -0.00360 e. The molecule has 11 heavy (non-hydrogen) atoms. The molecule has 0 atom stereocenters. The van der Waals surface area contributed by atoms with Gasteiger partial charge in [0, 0.05) is 0 Å². The Morgan fingerprint density at radius 3 is 2.00 bits per heavy atom. The van der Waals surface area contributed by atoms with Gasteiger partial charge in [0.2, 0.25) is 0 Å². The predicted molar refractivity (Wildman–Crippen MR) is 60.0 cm³/mol. The van der Waals surface area contributed by atoms with Crippen LogP contribution in [0, 0.1) is 5.41 Å². The summed E-state index contributed by atoms with van der Waals surface area (Å²) in [4.78, 5) is 0. The topological polar surface area (TPSA) is 0 Å². The van der Waals surface area contributed by atoms with Gasteiger partial charge in [0.05, 0.1) is 0 Å². The van der Waals surface area contributed by atoms with Crippen LogP contribution in [0.15, 0.2) is 0 Å². The second-order valence-corrected chi connectivity index (χ2v) is 4.22. The van der Waals surface area contributed by atoms with Crippen LogP contribution in [0.5, 0.6) is 0 Å². The van der Waals surface area contributed by atoms with Gasteiger partial charge in [-0.1, -0.05) is 33.1 Å². The molecule has 0 bridgehead atoms. The Morgan fingerprint density at radius 1 is 1.09 bits per heavy atom. The quantitative estimate of drug-likeness (QED) is 0.467. The summed E-state index contributed by atoms with van der Waals surface area (Å²) in [5.41, 5.74) is 0.362. The number of hydrogen-bond donors (Lipinski definition) is 2. The zero-order valence-electron chi connectivity index (χ0n) is 7.64. The van der Waals surface area contributed by atoms with Crippen molar-refractivity contribution in [3.8, 4) is 0 Å². The molecule has 0 aliphatic carbocycles. The SMILES string of the molecule is CCCCCC(C)(CS)CS. The Labute approximate surface area is 82.0 Å². The molecule has 68 valence electrons. The first kappa shape index (κ1) is 11.7. The van der Waals surface area contributed by atoms with Crippen LogP contribution in [-0.4, -0.2) is 11.5 Å². The van der Waals surface area contributed by atoms with Crippen molar-refractivity contribution < 1.29 is 0 Å². The second kappa shape index (κ2) is 6.24. The van der Waals surface area contributed by atoms with Crippen LogP contribution in [0.1, 0.15) is 39.5 Å². The average Bonchev–Trinajstić information content (AvgIpc) is 2.05. The first-order valence-corrected chi connectivity index (χ1v) is 5.67. The van der Waals surface area contributed by atoms with E-state index in [1.54, 1.807) is 0 Å². The number of rotatable bonds is 6. The molecular weight excluding hydrogens is 172 g/mol. The largest absolute Gasteiger partial charge is 0.179 e. The second-order valence-electron chi connectivity index (χ2n) is 3.58. The molecule has 0 heterocycles. The van der Waals surface area contributed by atoms with Crippen LogP contribution in [0.3, 0.4) is 0 Å². The van der Waals surface area contributed by atoms with Crippen molar-refractivity contribution in [3.05, 3.63) is 0 Å². The fourth-order valence-electron chi connectivity index (χ4n) is 1.01. The molecule has 0 saturated carbocycles. The van der Waals surface area contributed by atoms with Gasteiger partial charge in [0.1, 0.15) is 0 Å². The molecule has 0 aromatic heterocycles. The molecule has 0 saturated heterocycles. The molecule has 0 aliphatic rings. The van der Waals surface area contributed by atoms with E-state index in [9.17, 15) is 0 Å². The molecule has 0 N–H and O–H groups in total. The average molecular weight is 192 g/mol. The van der Waals surface area contributed by atoms with Gasteiger partial charge >= 0.3 is 0 Å². The van der Waals surface area contributed by atoms with Gasteiger partial charge in [-0.2, -0.15) is 25.3 Å². The minimum atomic E-state index is 0.362. The van der Waals surface area contributed by atoms with Crippen LogP contribution in [-0.2, 0) is 0 Å². The van der Waals surface area contributed by atoms with Crippen molar-refractivity contribution in [2.75, 3.05) is 11.5 Å². The van der Waals surface area contributed by atoms with E-state index in [1.807, 2.05) is 0 Å². The molecule has 0 amide bonds. The molecule has 0 radical (unpaired) electrons. The van der Waals surface area contributed by atoms with Crippen molar-refractivity contribution >= 4 is 25.3 Å². The number of hydrogen-bond acceptors (Lipinski definition) is 2. The van der Waals surface area contributed by atoms with Crippen LogP contribution < -0.4 is 0 Å². The summed E-state index contributed by atoms with van der Waals surface area (Å²) in [5, 5.41) is 0. The van der Waals surface area contributed by atoms with Gasteiger partial charge in [-0.15, -0.1) is 0 Å². The third-order valence-corrected chi connectivity index (χ3v) is 3.67. The summed E-state index contributed by atoms with van der Waals surface area (Å²) in [7, 11) is 0. The molecule has 2 heteroatoms. The summed E-state index contributed by atoms with van der Waals surface area (Å²) in [6.45, 7) is 4.50. The summed E-state index contributed by atoms with van der Waals surface area (Å²) >= 11 is 8.67. The van der Waals surface area contributed by atoms with E-state index < -0.39 is 0 Å². The molecule has 0 aliphatic heterocycles. The van der Waals surface area contributed by atoms with Crippen molar-refractivity contribution in [3.63, 3.8) is 0 Å². The Morgan fingerprint density at radius 2 is 1.64 bits per heavy atom. The van der Waals surface area contributed by atoms with Crippen molar-refractivity contribution in [2.24, 2.45) is 5.41 Å². The standard InChI is InChI=1S/C9H20S2/c1-3-4-5-6-9(2,7-10)8-11/h10-11H,3-8H2,1-2H3. The lowest BCUT2D eigenvalue weighted by Gasteiger charge is -2.25. The highest BCUT2D eigenvalue weighted by Gasteiger charge is 2.19. The molecule has 0 spiro atoms. The maximum absolute atomic E-state index is 4.33. The molecule has 0 fully saturated rings. The molecule has 0 aromatic rings. The lowest BCUT2D eigenvalue weighted by molar-refractivity contribution is 0.378. The van der Waals surface area contributed by atoms with Crippen LogP contribution >= 0.6 is 25.3 Å². The van der Waals surface area contributed by atoms with Gasteiger partial charge in [0.25, 0.3) is 0 Å². The number of unbranched alkanes of at least 4 members (excludes halogenated alkanes) is 2. The van der Waals surface area contributed by atoms with Crippen LogP contribution in [0.4, 0.5) is 0 Å². The van der Waals surface area contributed by atoms with Gasteiger partial charge in [-0.05, 0) is 23.3 Å². The zero-order valence-corrected chi connectivity index (χ0v) is 9.43. The minimum Gasteiger partial charge on any atom is -0.179 e. The molecule has 0 unspecified atom stereocenters.